The Bertz CT molecular complexity index is 430. The molecular weight excluding hydrogens is 264 g/mol. The maximum absolute atomic E-state index is 13.3. The molecule has 3 rings (SSSR count). The van der Waals surface area contributed by atoms with Gasteiger partial charge in [-0.3, -0.25) is 9.59 Å². The van der Waals surface area contributed by atoms with Gasteiger partial charge in [0.1, 0.15) is 11.1 Å². The molecule has 118 valence electrons. The van der Waals surface area contributed by atoms with Crippen molar-refractivity contribution in [1.29, 1.82) is 0 Å². The van der Waals surface area contributed by atoms with E-state index < -0.39 is 11.1 Å². The minimum absolute atomic E-state index is 0.121. The number of rotatable bonds is 3. The second-order valence-electron chi connectivity index (χ2n) is 7.10. The maximum atomic E-state index is 13.3. The third-order valence-electron chi connectivity index (χ3n) is 6.19. The Morgan fingerprint density at radius 3 is 2.14 bits per heavy atom. The molecular formula is C17H28N2O2. The lowest BCUT2D eigenvalue weighted by molar-refractivity contribution is -0.167. The molecule has 1 N–H and O–H groups in total. The number of amides is 2. The van der Waals surface area contributed by atoms with E-state index in [0.29, 0.717) is 18.9 Å². The minimum atomic E-state index is -0.659. The van der Waals surface area contributed by atoms with Crippen molar-refractivity contribution in [3.63, 3.8) is 0 Å². The van der Waals surface area contributed by atoms with E-state index in [2.05, 4.69) is 10.2 Å². The summed E-state index contributed by atoms with van der Waals surface area (Å²) in [4.78, 5) is 28.3. The van der Waals surface area contributed by atoms with E-state index >= 15 is 0 Å². The van der Waals surface area contributed by atoms with Crippen LogP contribution in [-0.2, 0) is 9.59 Å². The second-order valence-corrected chi connectivity index (χ2v) is 7.10. The van der Waals surface area contributed by atoms with Gasteiger partial charge in [-0.15, -0.1) is 0 Å². The van der Waals surface area contributed by atoms with E-state index in [1.54, 1.807) is 0 Å². The molecule has 4 nitrogen and oxygen atoms in total. The summed E-state index contributed by atoms with van der Waals surface area (Å²) in [6, 6.07) is 0.291. The van der Waals surface area contributed by atoms with E-state index in [-0.39, 0.29) is 11.8 Å². The SMILES string of the molecule is CCC1(CC)NC(=O)C2(CCCC2)N(C2CCCC2)C1=O. The van der Waals surface area contributed by atoms with Gasteiger partial charge in [0.05, 0.1) is 0 Å². The molecule has 0 aromatic rings. The highest BCUT2D eigenvalue weighted by Crippen LogP contribution is 2.44. The molecule has 0 unspecified atom stereocenters. The second kappa shape index (κ2) is 5.29. The van der Waals surface area contributed by atoms with Crippen molar-refractivity contribution >= 4 is 11.8 Å². The number of carbonyl (C=O) groups is 2. The fourth-order valence-corrected chi connectivity index (χ4v) is 4.76. The van der Waals surface area contributed by atoms with Gasteiger partial charge in [-0.05, 0) is 38.5 Å². The van der Waals surface area contributed by atoms with Crippen LogP contribution < -0.4 is 5.32 Å². The molecule has 2 saturated carbocycles. The molecule has 1 saturated heterocycles. The van der Waals surface area contributed by atoms with Crippen LogP contribution in [0.4, 0.5) is 0 Å². The lowest BCUT2D eigenvalue weighted by Gasteiger charge is -2.53. The molecule has 0 aromatic carbocycles. The van der Waals surface area contributed by atoms with Crippen LogP contribution >= 0.6 is 0 Å². The zero-order valence-corrected chi connectivity index (χ0v) is 13.4. The minimum Gasteiger partial charge on any atom is -0.340 e. The molecule has 4 heteroatoms. The Labute approximate surface area is 127 Å². The van der Waals surface area contributed by atoms with Gasteiger partial charge < -0.3 is 10.2 Å². The zero-order chi connectivity index (χ0) is 15.1. The number of hydrogen-bond acceptors (Lipinski definition) is 2. The van der Waals surface area contributed by atoms with Crippen LogP contribution in [0, 0.1) is 0 Å². The van der Waals surface area contributed by atoms with E-state index in [0.717, 1.165) is 38.5 Å². The smallest absolute Gasteiger partial charge is 0.249 e. The summed E-state index contributed by atoms with van der Waals surface area (Å²) in [6.45, 7) is 4.03. The summed E-state index contributed by atoms with van der Waals surface area (Å²) >= 11 is 0. The lowest BCUT2D eigenvalue weighted by Crippen LogP contribution is -2.76. The molecule has 3 fully saturated rings. The van der Waals surface area contributed by atoms with Crippen LogP contribution in [0.3, 0.4) is 0 Å². The molecule has 0 atom stereocenters. The predicted molar refractivity (Wildman–Crippen MR) is 81.8 cm³/mol. The van der Waals surface area contributed by atoms with E-state index in [1.807, 2.05) is 13.8 Å². The fraction of sp³-hybridized carbons (Fsp3) is 0.882. The summed E-state index contributed by atoms with van der Waals surface area (Å²) in [5.41, 5.74) is -1.19. The summed E-state index contributed by atoms with van der Waals surface area (Å²) < 4.78 is 0. The first kappa shape index (κ1) is 14.9. The monoisotopic (exact) mass is 292 g/mol. The van der Waals surface area contributed by atoms with Crippen LogP contribution in [0.25, 0.3) is 0 Å². The molecule has 0 aromatic heterocycles. The lowest BCUT2D eigenvalue weighted by atomic mass is 9.79. The molecule has 3 aliphatic rings. The fourth-order valence-electron chi connectivity index (χ4n) is 4.76. The highest BCUT2D eigenvalue weighted by Gasteiger charge is 2.59. The third kappa shape index (κ3) is 2.01. The Balaban J connectivity index is 2.02. The van der Waals surface area contributed by atoms with Crippen LogP contribution in [0.1, 0.15) is 78.1 Å². The first-order valence-electron chi connectivity index (χ1n) is 8.76. The average molecular weight is 292 g/mol. The van der Waals surface area contributed by atoms with Gasteiger partial charge in [-0.1, -0.05) is 39.5 Å². The molecule has 2 aliphatic carbocycles. The zero-order valence-electron chi connectivity index (χ0n) is 13.4. The quantitative estimate of drug-likeness (QED) is 0.869. The van der Waals surface area contributed by atoms with Crippen LogP contribution in [0.2, 0.25) is 0 Å². The predicted octanol–water partition coefficient (Wildman–Crippen LogP) is 2.76. The summed E-state index contributed by atoms with van der Waals surface area (Å²) in [5.74, 6) is 0.316. The number of nitrogens with zero attached hydrogens (tertiary/aromatic N) is 1. The van der Waals surface area contributed by atoms with Crippen LogP contribution in [0.5, 0.6) is 0 Å². The molecule has 21 heavy (non-hydrogen) atoms. The van der Waals surface area contributed by atoms with Crippen molar-refractivity contribution in [2.75, 3.05) is 0 Å². The van der Waals surface area contributed by atoms with Crippen LogP contribution in [0.15, 0.2) is 0 Å². The third-order valence-corrected chi connectivity index (χ3v) is 6.19. The molecule has 1 spiro atoms. The normalized spacial score (nSPS) is 28.4. The molecule has 0 radical (unpaired) electrons. The van der Waals surface area contributed by atoms with Gasteiger partial charge in [0, 0.05) is 6.04 Å². The van der Waals surface area contributed by atoms with Gasteiger partial charge in [-0.25, -0.2) is 0 Å². The van der Waals surface area contributed by atoms with Crippen molar-refractivity contribution < 1.29 is 9.59 Å². The average Bonchev–Trinajstić information content (AvgIpc) is 3.16. The number of hydrogen-bond donors (Lipinski definition) is 1. The van der Waals surface area contributed by atoms with Crippen molar-refractivity contribution in [3.05, 3.63) is 0 Å². The van der Waals surface area contributed by atoms with Crippen molar-refractivity contribution in [3.8, 4) is 0 Å². The Kier molecular flexibility index (Phi) is 3.74. The largest absolute Gasteiger partial charge is 0.340 e. The molecule has 1 heterocycles. The summed E-state index contributed by atoms with van der Waals surface area (Å²) in [7, 11) is 0. The maximum Gasteiger partial charge on any atom is 0.249 e. The van der Waals surface area contributed by atoms with E-state index in [9.17, 15) is 9.59 Å². The number of nitrogens with one attached hydrogen (secondary N) is 1. The standard InChI is InChI=1S/C17H28N2O2/c1-3-16(4-2)15(21)19(13-9-5-6-10-13)17(14(20)18-16)11-7-8-12-17/h13H,3-12H2,1-2H3,(H,18,20). The first-order valence-corrected chi connectivity index (χ1v) is 8.76. The molecule has 2 amide bonds. The summed E-state index contributed by atoms with van der Waals surface area (Å²) in [5, 5.41) is 3.14. The molecule has 0 bridgehead atoms. The van der Waals surface area contributed by atoms with E-state index in [1.165, 1.54) is 12.8 Å². The summed E-state index contributed by atoms with van der Waals surface area (Å²) in [6.07, 6.45) is 9.74. The van der Waals surface area contributed by atoms with E-state index in [4.69, 9.17) is 0 Å². The van der Waals surface area contributed by atoms with Crippen molar-refractivity contribution in [2.24, 2.45) is 0 Å². The Morgan fingerprint density at radius 1 is 1.05 bits per heavy atom. The topological polar surface area (TPSA) is 49.4 Å². The first-order chi connectivity index (χ1) is 10.1. The van der Waals surface area contributed by atoms with Gasteiger partial charge >= 0.3 is 0 Å². The van der Waals surface area contributed by atoms with Crippen LogP contribution in [-0.4, -0.2) is 33.8 Å². The van der Waals surface area contributed by atoms with Crippen molar-refractivity contribution in [2.45, 2.75) is 95.2 Å². The Morgan fingerprint density at radius 2 is 1.62 bits per heavy atom. The van der Waals surface area contributed by atoms with Gasteiger partial charge in [0.15, 0.2) is 0 Å². The highest BCUT2D eigenvalue weighted by molar-refractivity contribution is 6.02. The van der Waals surface area contributed by atoms with Gasteiger partial charge in [0.2, 0.25) is 11.8 Å². The Hall–Kier alpha value is -1.06. The highest BCUT2D eigenvalue weighted by atomic mass is 16.2. The molecule has 1 aliphatic heterocycles. The number of carbonyl (C=O) groups excluding carboxylic acids is 2. The van der Waals surface area contributed by atoms with Crippen molar-refractivity contribution in [1.82, 2.24) is 10.2 Å². The number of piperazine rings is 1. The van der Waals surface area contributed by atoms with Gasteiger partial charge in [-0.2, -0.15) is 0 Å². The van der Waals surface area contributed by atoms with Gasteiger partial charge in [0.25, 0.3) is 0 Å².